The Hall–Kier alpha value is -3.94. The zero-order valence-corrected chi connectivity index (χ0v) is 22.1. The molecule has 0 saturated carbocycles. The summed E-state index contributed by atoms with van der Waals surface area (Å²) in [5.74, 6) is -5.42. The van der Waals surface area contributed by atoms with Crippen LogP contribution in [0.15, 0.2) is 59.8 Å². The Morgan fingerprint density at radius 1 is 0.952 bits per heavy atom. The van der Waals surface area contributed by atoms with Crippen LogP contribution in [0.4, 0.5) is 35.1 Å². The van der Waals surface area contributed by atoms with Crippen LogP contribution in [0.2, 0.25) is 5.02 Å². The molecule has 1 aliphatic rings. The number of halogens is 9. The highest BCUT2D eigenvalue weighted by atomic mass is 35.5. The summed E-state index contributed by atoms with van der Waals surface area (Å²) in [6, 6.07) is 10.9. The van der Waals surface area contributed by atoms with Gasteiger partial charge in [-0.1, -0.05) is 47.1 Å². The summed E-state index contributed by atoms with van der Waals surface area (Å²) >= 11 is 5.90. The number of amides is 2. The number of hydrogen-bond acceptors (Lipinski definition) is 4. The average Bonchev–Trinajstić information content (AvgIpc) is 3.36. The molecule has 3 aromatic carbocycles. The first-order valence-corrected chi connectivity index (χ1v) is 12.4. The van der Waals surface area contributed by atoms with Gasteiger partial charge in [-0.15, -0.1) is 0 Å². The van der Waals surface area contributed by atoms with Gasteiger partial charge in [0.15, 0.2) is 0 Å². The van der Waals surface area contributed by atoms with Crippen LogP contribution in [0.1, 0.15) is 40.4 Å². The quantitative estimate of drug-likeness (QED) is 0.292. The van der Waals surface area contributed by atoms with E-state index in [0.717, 1.165) is 12.1 Å². The van der Waals surface area contributed by atoms with Crippen LogP contribution in [0.5, 0.6) is 0 Å². The van der Waals surface area contributed by atoms with Crippen LogP contribution in [0, 0.1) is 0 Å². The second-order valence-corrected chi connectivity index (χ2v) is 9.97. The standard InChI is InChI=1S/C27H20ClF8N3O3/c1-24(29,30)14-8-15(10-16(28)9-14)25(27(34,35)36)11-21(39-42-25)19-6-7-20(18-5-3-2-4-17(18)19)23(41)37-12-22(40)38-13-26(31,32)33/h2-10H,11-13H2,1H3,(H,37,41)(H,38,40). The zero-order chi connectivity index (χ0) is 31.1. The highest BCUT2D eigenvalue weighted by Crippen LogP contribution is 2.50. The van der Waals surface area contributed by atoms with E-state index in [0.29, 0.717) is 13.0 Å². The Morgan fingerprint density at radius 2 is 1.62 bits per heavy atom. The first kappa shape index (κ1) is 31.0. The fourth-order valence-corrected chi connectivity index (χ4v) is 4.63. The molecule has 2 N–H and O–H groups in total. The minimum atomic E-state index is -5.12. The summed E-state index contributed by atoms with van der Waals surface area (Å²) in [6.45, 7) is -1.84. The lowest BCUT2D eigenvalue weighted by Crippen LogP contribution is -2.43. The lowest BCUT2D eigenvalue weighted by molar-refractivity contribution is -0.275. The SMILES string of the molecule is CC(F)(F)c1cc(Cl)cc(C2(C(F)(F)F)CC(c3ccc(C(=O)NCC(=O)NCC(F)(F)F)c4ccccc34)=NO2)c1. The van der Waals surface area contributed by atoms with Gasteiger partial charge in [0.05, 0.1) is 12.3 Å². The van der Waals surface area contributed by atoms with E-state index in [1.807, 2.05) is 0 Å². The number of rotatable bonds is 7. The highest BCUT2D eigenvalue weighted by molar-refractivity contribution is 6.30. The predicted molar refractivity (Wildman–Crippen MR) is 136 cm³/mol. The summed E-state index contributed by atoms with van der Waals surface area (Å²) in [5.41, 5.74) is -4.66. The maximum Gasteiger partial charge on any atom is 0.435 e. The number of carbonyl (C=O) groups is 2. The van der Waals surface area contributed by atoms with E-state index in [1.54, 1.807) is 5.32 Å². The molecule has 2 amide bonds. The number of oxime groups is 1. The largest absolute Gasteiger partial charge is 0.435 e. The van der Waals surface area contributed by atoms with Gasteiger partial charge in [-0.2, -0.15) is 26.3 Å². The van der Waals surface area contributed by atoms with Gasteiger partial charge in [0.25, 0.3) is 17.4 Å². The van der Waals surface area contributed by atoms with Gasteiger partial charge in [-0.25, -0.2) is 8.78 Å². The first-order chi connectivity index (χ1) is 19.4. The normalized spacial score (nSPS) is 17.5. The molecular weight excluding hydrogens is 602 g/mol. The minimum Gasteiger partial charge on any atom is -0.374 e. The number of nitrogens with one attached hydrogen (secondary N) is 2. The van der Waals surface area contributed by atoms with E-state index in [9.17, 15) is 44.7 Å². The van der Waals surface area contributed by atoms with E-state index in [4.69, 9.17) is 16.4 Å². The Morgan fingerprint density at radius 3 is 2.24 bits per heavy atom. The van der Waals surface area contributed by atoms with Crippen molar-refractivity contribution in [2.75, 3.05) is 13.1 Å². The molecule has 0 fully saturated rings. The molecule has 42 heavy (non-hydrogen) atoms. The van der Waals surface area contributed by atoms with Gasteiger partial charge < -0.3 is 15.5 Å². The third-order valence-corrected chi connectivity index (χ3v) is 6.65. The molecule has 0 radical (unpaired) electrons. The van der Waals surface area contributed by atoms with Crippen molar-refractivity contribution in [2.24, 2.45) is 5.16 Å². The highest BCUT2D eigenvalue weighted by Gasteiger charge is 2.62. The molecule has 0 spiro atoms. The van der Waals surface area contributed by atoms with E-state index in [1.165, 1.54) is 36.4 Å². The average molecular weight is 622 g/mol. The van der Waals surface area contributed by atoms with Crippen molar-refractivity contribution in [1.82, 2.24) is 10.6 Å². The molecule has 3 aromatic rings. The number of hydrogen-bond donors (Lipinski definition) is 2. The van der Waals surface area contributed by atoms with Gasteiger partial charge in [0, 0.05) is 40.6 Å². The van der Waals surface area contributed by atoms with Crippen LogP contribution in [0.3, 0.4) is 0 Å². The molecule has 6 nitrogen and oxygen atoms in total. The third-order valence-electron chi connectivity index (χ3n) is 6.43. The van der Waals surface area contributed by atoms with Gasteiger partial charge in [-0.05, 0) is 35.0 Å². The Balaban J connectivity index is 1.65. The van der Waals surface area contributed by atoms with Crippen LogP contribution in [-0.2, 0) is 21.2 Å². The van der Waals surface area contributed by atoms with E-state index in [-0.39, 0.29) is 32.6 Å². The Kier molecular flexibility index (Phi) is 8.15. The van der Waals surface area contributed by atoms with Crippen LogP contribution in [-0.4, -0.2) is 43.0 Å². The van der Waals surface area contributed by atoms with Crippen molar-refractivity contribution >= 4 is 39.9 Å². The lowest BCUT2D eigenvalue weighted by Gasteiger charge is -2.30. The smallest absolute Gasteiger partial charge is 0.374 e. The molecule has 224 valence electrons. The summed E-state index contributed by atoms with van der Waals surface area (Å²) in [4.78, 5) is 29.4. The predicted octanol–water partition coefficient (Wildman–Crippen LogP) is 6.60. The van der Waals surface area contributed by atoms with Crippen molar-refractivity contribution in [3.63, 3.8) is 0 Å². The molecule has 1 unspecified atom stereocenters. The van der Waals surface area contributed by atoms with E-state index >= 15 is 0 Å². The maximum absolute atomic E-state index is 14.5. The van der Waals surface area contributed by atoms with E-state index < -0.39 is 66.3 Å². The van der Waals surface area contributed by atoms with Gasteiger partial charge in [0.2, 0.25) is 5.91 Å². The van der Waals surface area contributed by atoms with Crippen molar-refractivity contribution in [3.8, 4) is 0 Å². The summed E-state index contributed by atoms with van der Waals surface area (Å²) in [6.07, 6.45) is -10.7. The minimum absolute atomic E-state index is 0.0239. The fourth-order valence-electron chi connectivity index (χ4n) is 4.39. The van der Waals surface area contributed by atoms with Crippen molar-refractivity contribution < 1.29 is 49.5 Å². The summed E-state index contributed by atoms with van der Waals surface area (Å²) in [5, 5.41) is 7.61. The molecule has 0 aromatic heterocycles. The van der Waals surface area contributed by atoms with Gasteiger partial charge in [0.1, 0.15) is 6.54 Å². The molecular formula is C27H20ClF8N3O3. The van der Waals surface area contributed by atoms with E-state index in [2.05, 4.69) is 10.5 Å². The monoisotopic (exact) mass is 621 g/mol. The summed E-state index contributed by atoms with van der Waals surface area (Å²) < 4.78 is 108. The molecule has 1 aliphatic heterocycles. The molecule has 0 aliphatic carbocycles. The lowest BCUT2D eigenvalue weighted by atomic mass is 9.84. The number of alkyl halides is 8. The second kappa shape index (κ2) is 11.0. The molecule has 4 rings (SSSR count). The van der Waals surface area contributed by atoms with Crippen molar-refractivity contribution in [1.29, 1.82) is 0 Å². The maximum atomic E-state index is 14.5. The molecule has 0 bridgehead atoms. The number of nitrogens with zero attached hydrogens (tertiary/aromatic N) is 1. The molecule has 1 heterocycles. The van der Waals surface area contributed by atoms with Crippen molar-refractivity contribution in [2.45, 2.75) is 37.2 Å². The number of carbonyl (C=O) groups excluding carboxylic acids is 2. The summed E-state index contributed by atoms with van der Waals surface area (Å²) in [7, 11) is 0. The fraction of sp³-hybridized carbons (Fsp3) is 0.296. The van der Waals surface area contributed by atoms with Gasteiger partial charge >= 0.3 is 12.4 Å². The molecule has 1 atom stereocenters. The number of benzene rings is 3. The Labute approximate surface area is 237 Å². The Bertz CT molecular complexity index is 1570. The third kappa shape index (κ3) is 6.42. The van der Waals surface area contributed by atoms with Crippen LogP contribution < -0.4 is 10.6 Å². The zero-order valence-electron chi connectivity index (χ0n) is 21.4. The molecule has 0 saturated heterocycles. The van der Waals surface area contributed by atoms with Crippen LogP contribution in [0.25, 0.3) is 10.8 Å². The second-order valence-electron chi connectivity index (χ2n) is 9.53. The first-order valence-electron chi connectivity index (χ1n) is 12.1. The van der Waals surface area contributed by atoms with Crippen molar-refractivity contribution in [3.05, 3.63) is 81.9 Å². The van der Waals surface area contributed by atoms with Crippen LogP contribution >= 0.6 is 11.6 Å². The topological polar surface area (TPSA) is 79.8 Å². The number of fused-ring (bicyclic) bond motifs is 1. The van der Waals surface area contributed by atoms with Gasteiger partial charge in [-0.3, -0.25) is 9.59 Å². The molecule has 15 heteroatoms.